The molecule has 152 valence electrons. The van der Waals surface area contributed by atoms with E-state index in [-0.39, 0.29) is 6.10 Å². The fourth-order valence-corrected chi connectivity index (χ4v) is 2.84. The molecule has 7 nitrogen and oxygen atoms in total. The van der Waals surface area contributed by atoms with Crippen molar-refractivity contribution < 1.29 is 19.1 Å². The normalized spacial score (nSPS) is 16.0. The molecule has 1 fully saturated rings. The second kappa shape index (κ2) is 10.4. The van der Waals surface area contributed by atoms with Crippen molar-refractivity contribution in [3.8, 4) is 5.75 Å². The number of hydrogen-bond acceptors (Lipinski definition) is 5. The summed E-state index contributed by atoms with van der Waals surface area (Å²) in [7, 11) is 0. The number of aryl methyl sites for hydroxylation is 1. The van der Waals surface area contributed by atoms with Crippen LogP contribution in [0.25, 0.3) is 0 Å². The highest BCUT2D eigenvalue weighted by Gasteiger charge is 2.18. The van der Waals surface area contributed by atoms with Gasteiger partial charge in [0.2, 0.25) is 0 Å². The molecule has 7 heteroatoms. The topological polar surface area (TPSA) is 89.0 Å². The molecule has 2 aromatic carbocycles. The van der Waals surface area contributed by atoms with Crippen molar-refractivity contribution >= 4 is 18.0 Å². The number of nitrogens with one attached hydrogen (secondary N) is 2. The van der Waals surface area contributed by atoms with Gasteiger partial charge in [0.1, 0.15) is 12.4 Å². The number of hydrogen-bond donors (Lipinski definition) is 2. The Morgan fingerprint density at radius 3 is 2.79 bits per heavy atom. The first-order valence-electron chi connectivity index (χ1n) is 9.61. The molecule has 29 heavy (non-hydrogen) atoms. The lowest BCUT2D eigenvalue weighted by molar-refractivity contribution is -0.139. The van der Waals surface area contributed by atoms with Crippen molar-refractivity contribution in [3.05, 3.63) is 65.2 Å². The predicted molar refractivity (Wildman–Crippen MR) is 110 cm³/mol. The van der Waals surface area contributed by atoms with Gasteiger partial charge in [-0.3, -0.25) is 9.59 Å². The van der Waals surface area contributed by atoms with Gasteiger partial charge in [-0.15, -0.1) is 0 Å². The maximum absolute atomic E-state index is 11.8. The summed E-state index contributed by atoms with van der Waals surface area (Å²) in [5.74, 6) is -0.853. The molecule has 0 aromatic heterocycles. The fraction of sp³-hybridized carbons (Fsp3) is 0.318. The Balaban J connectivity index is 1.44. The molecule has 0 saturated carbocycles. The fourth-order valence-electron chi connectivity index (χ4n) is 2.84. The van der Waals surface area contributed by atoms with Gasteiger partial charge in [-0.05, 0) is 43.0 Å². The lowest BCUT2D eigenvalue weighted by Crippen LogP contribution is -2.41. The molecule has 1 heterocycles. The number of ether oxygens (including phenoxy) is 2. The van der Waals surface area contributed by atoms with Crippen molar-refractivity contribution in [2.75, 3.05) is 13.2 Å². The maximum Gasteiger partial charge on any atom is 0.329 e. The third kappa shape index (κ3) is 6.73. The summed E-state index contributed by atoms with van der Waals surface area (Å²) in [6.07, 6.45) is 3.31. The number of amides is 2. The van der Waals surface area contributed by atoms with E-state index in [4.69, 9.17) is 9.47 Å². The molecule has 2 N–H and O–H groups in total. The van der Waals surface area contributed by atoms with Gasteiger partial charge in [0.15, 0.2) is 0 Å². The summed E-state index contributed by atoms with van der Waals surface area (Å²) in [4.78, 5) is 23.6. The Morgan fingerprint density at radius 2 is 2.03 bits per heavy atom. The molecule has 2 amide bonds. The molecule has 0 unspecified atom stereocenters. The van der Waals surface area contributed by atoms with Crippen LogP contribution in [-0.2, 0) is 20.9 Å². The molecule has 1 aliphatic rings. The van der Waals surface area contributed by atoms with Gasteiger partial charge in [-0.25, -0.2) is 5.43 Å². The first-order chi connectivity index (χ1) is 14.1. The Morgan fingerprint density at radius 1 is 1.21 bits per heavy atom. The second-order valence-electron chi connectivity index (χ2n) is 6.89. The van der Waals surface area contributed by atoms with Gasteiger partial charge in [-0.2, -0.15) is 5.10 Å². The van der Waals surface area contributed by atoms with Gasteiger partial charge in [0.05, 0.1) is 12.3 Å². The van der Waals surface area contributed by atoms with Gasteiger partial charge < -0.3 is 14.8 Å². The first kappa shape index (κ1) is 20.5. The molecular formula is C22H25N3O4. The van der Waals surface area contributed by atoms with Crippen LogP contribution in [0.15, 0.2) is 53.6 Å². The molecule has 1 aliphatic heterocycles. The highest BCUT2D eigenvalue weighted by molar-refractivity contribution is 6.35. The number of nitrogens with zero attached hydrogens (tertiary/aromatic N) is 1. The summed E-state index contributed by atoms with van der Waals surface area (Å²) in [5.41, 5.74) is 5.25. The van der Waals surface area contributed by atoms with Crippen LogP contribution in [0.2, 0.25) is 0 Å². The molecule has 2 aromatic rings. The van der Waals surface area contributed by atoms with Crippen molar-refractivity contribution in [1.82, 2.24) is 10.7 Å². The van der Waals surface area contributed by atoms with E-state index in [1.54, 1.807) is 6.07 Å². The minimum absolute atomic E-state index is 0.0158. The van der Waals surface area contributed by atoms with Gasteiger partial charge in [-0.1, -0.05) is 42.0 Å². The number of benzene rings is 2. The lowest BCUT2D eigenvalue weighted by Gasteiger charge is -2.09. The van der Waals surface area contributed by atoms with Crippen molar-refractivity contribution in [1.29, 1.82) is 0 Å². The quantitative estimate of drug-likeness (QED) is 0.428. The molecular weight excluding hydrogens is 370 g/mol. The highest BCUT2D eigenvalue weighted by Crippen LogP contribution is 2.14. The van der Waals surface area contributed by atoms with E-state index >= 15 is 0 Å². The Bertz CT molecular complexity index is 859. The van der Waals surface area contributed by atoms with Crippen LogP contribution < -0.4 is 15.5 Å². The van der Waals surface area contributed by atoms with Gasteiger partial charge >= 0.3 is 11.8 Å². The zero-order valence-corrected chi connectivity index (χ0v) is 16.4. The standard InChI is InChI=1S/C22H25N3O4/c1-16-7-9-17(10-8-16)15-29-19-5-2-4-18(12-19)13-24-25-22(27)21(26)23-14-20-6-3-11-28-20/h2,4-5,7-10,12-13,20H,3,6,11,14-15H2,1H3,(H,23,26)(H,25,27)/b24-13-/t20-/m1/s1. The number of carbonyl (C=O) groups is 2. The van der Waals surface area contributed by atoms with Crippen molar-refractivity contribution in [2.24, 2.45) is 5.10 Å². The lowest BCUT2D eigenvalue weighted by atomic mass is 10.2. The molecule has 1 saturated heterocycles. The monoisotopic (exact) mass is 395 g/mol. The molecule has 3 rings (SSSR count). The van der Waals surface area contributed by atoms with E-state index in [0.29, 0.717) is 25.5 Å². The van der Waals surface area contributed by atoms with Crippen LogP contribution in [0.5, 0.6) is 5.75 Å². The Hall–Kier alpha value is -3.19. The zero-order chi connectivity index (χ0) is 20.5. The third-order valence-electron chi connectivity index (χ3n) is 4.48. The minimum atomic E-state index is -0.814. The molecule has 1 atom stereocenters. The number of carbonyl (C=O) groups excluding carboxylic acids is 2. The average molecular weight is 395 g/mol. The van der Waals surface area contributed by atoms with Gasteiger partial charge in [0.25, 0.3) is 0 Å². The first-order valence-corrected chi connectivity index (χ1v) is 9.61. The largest absolute Gasteiger partial charge is 0.489 e. The Kier molecular flexibility index (Phi) is 7.35. The highest BCUT2D eigenvalue weighted by atomic mass is 16.5. The summed E-state index contributed by atoms with van der Waals surface area (Å²) in [6.45, 7) is 3.53. The van der Waals surface area contributed by atoms with E-state index < -0.39 is 11.8 Å². The molecule has 0 spiro atoms. The summed E-state index contributed by atoms with van der Waals surface area (Å²) in [5, 5.41) is 6.39. The van der Waals surface area contributed by atoms with E-state index in [2.05, 4.69) is 15.8 Å². The third-order valence-corrected chi connectivity index (χ3v) is 4.48. The van der Waals surface area contributed by atoms with Crippen LogP contribution >= 0.6 is 0 Å². The average Bonchev–Trinajstić information content (AvgIpc) is 3.25. The van der Waals surface area contributed by atoms with Crippen LogP contribution in [0.3, 0.4) is 0 Å². The summed E-state index contributed by atoms with van der Waals surface area (Å²) < 4.78 is 11.2. The SMILES string of the molecule is Cc1ccc(COc2cccc(/C=N\NC(=O)C(=O)NC[C@H]3CCCO3)c2)cc1. The zero-order valence-electron chi connectivity index (χ0n) is 16.4. The number of rotatable bonds is 7. The second-order valence-corrected chi connectivity index (χ2v) is 6.89. The van der Waals surface area contributed by atoms with E-state index in [9.17, 15) is 9.59 Å². The van der Waals surface area contributed by atoms with E-state index in [1.807, 2.05) is 49.4 Å². The van der Waals surface area contributed by atoms with Crippen molar-refractivity contribution in [2.45, 2.75) is 32.5 Å². The maximum atomic E-state index is 11.8. The van der Waals surface area contributed by atoms with Crippen LogP contribution in [0.4, 0.5) is 0 Å². The summed E-state index contributed by atoms with van der Waals surface area (Å²) in [6, 6.07) is 15.5. The Labute approximate surface area is 170 Å². The smallest absolute Gasteiger partial charge is 0.329 e. The molecule has 0 aliphatic carbocycles. The minimum Gasteiger partial charge on any atom is -0.489 e. The van der Waals surface area contributed by atoms with E-state index in [0.717, 1.165) is 24.0 Å². The summed E-state index contributed by atoms with van der Waals surface area (Å²) >= 11 is 0. The van der Waals surface area contributed by atoms with Crippen LogP contribution in [0.1, 0.15) is 29.5 Å². The van der Waals surface area contributed by atoms with E-state index in [1.165, 1.54) is 11.8 Å². The van der Waals surface area contributed by atoms with Crippen LogP contribution in [0, 0.1) is 6.92 Å². The van der Waals surface area contributed by atoms with Crippen molar-refractivity contribution in [3.63, 3.8) is 0 Å². The molecule has 0 bridgehead atoms. The molecule has 0 radical (unpaired) electrons. The predicted octanol–water partition coefficient (Wildman–Crippen LogP) is 2.32. The van der Waals surface area contributed by atoms with Gasteiger partial charge in [0, 0.05) is 13.2 Å². The number of hydrazone groups is 1. The van der Waals surface area contributed by atoms with Crippen LogP contribution in [-0.4, -0.2) is 37.3 Å².